The Hall–Kier alpha value is -1.56. The summed E-state index contributed by atoms with van der Waals surface area (Å²) >= 11 is 3.35. The van der Waals surface area contributed by atoms with E-state index in [-0.39, 0.29) is 5.91 Å². The van der Waals surface area contributed by atoms with Crippen molar-refractivity contribution >= 4 is 33.6 Å². The number of rotatable bonds is 2. The van der Waals surface area contributed by atoms with E-state index in [0.717, 1.165) is 10.9 Å². The molecule has 1 fully saturated rings. The molecule has 1 aromatic rings. The minimum Gasteiger partial charge on any atom is -0.444 e. The predicted molar refractivity (Wildman–Crippen MR) is 88.7 cm³/mol. The minimum absolute atomic E-state index is 0.175. The fourth-order valence-electron chi connectivity index (χ4n) is 2.34. The summed E-state index contributed by atoms with van der Waals surface area (Å²) in [5.74, 6) is -0.175. The summed E-state index contributed by atoms with van der Waals surface area (Å²) in [4.78, 5) is 26.1. The zero-order chi connectivity index (χ0) is 16.3. The molecule has 1 aliphatic heterocycles. The number of hydrogen-bond donors (Lipinski definition) is 1. The third-order valence-corrected chi connectivity index (χ3v) is 3.82. The van der Waals surface area contributed by atoms with Gasteiger partial charge in [-0.25, -0.2) is 4.79 Å². The van der Waals surface area contributed by atoms with Crippen molar-refractivity contribution in [1.82, 2.24) is 4.90 Å². The van der Waals surface area contributed by atoms with Crippen molar-refractivity contribution in [3.05, 3.63) is 28.7 Å². The van der Waals surface area contributed by atoms with Crippen LogP contribution in [0.4, 0.5) is 10.5 Å². The zero-order valence-electron chi connectivity index (χ0n) is 13.1. The number of carbonyl (C=O) groups is 2. The first-order valence-corrected chi connectivity index (χ1v) is 8.11. The third kappa shape index (κ3) is 4.47. The third-order valence-electron chi connectivity index (χ3n) is 3.30. The summed E-state index contributed by atoms with van der Waals surface area (Å²) in [6.07, 6.45) is 1.03. The lowest BCUT2D eigenvalue weighted by atomic mass is 10.2. The second kappa shape index (κ2) is 6.69. The monoisotopic (exact) mass is 368 g/mol. The summed E-state index contributed by atoms with van der Waals surface area (Å²) in [5.41, 5.74) is 0.149. The van der Waals surface area contributed by atoms with E-state index in [1.165, 1.54) is 4.90 Å². The SMILES string of the molecule is CC(C)(C)OC(=O)N1CCC[C@@H]1C(=O)Nc1ccc(Br)cc1. The highest BCUT2D eigenvalue weighted by molar-refractivity contribution is 9.10. The number of carbonyl (C=O) groups excluding carboxylic acids is 2. The van der Waals surface area contributed by atoms with Crippen LogP contribution >= 0.6 is 15.9 Å². The molecule has 5 nitrogen and oxygen atoms in total. The van der Waals surface area contributed by atoms with Gasteiger partial charge in [0.15, 0.2) is 0 Å². The Balaban J connectivity index is 2.01. The molecule has 1 heterocycles. The maximum absolute atomic E-state index is 12.4. The highest BCUT2D eigenvalue weighted by Crippen LogP contribution is 2.22. The Bertz CT molecular complexity index is 552. The topological polar surface area (TPSA) is 58.6 Å². The molecule has 120 valence electrons. The molecular formula is C16H21BrN2O3. The minimum atomic E-state index is -0.563. The lowest BCUT2D eigenvalue weighted by molar-refractivity contribution is -0.120. The number of halogens is 1. The van der Waals surface area contributed by atoms with Crippen LogP contribution in [0.5, 0.6) is 0 Å². The first-order valence-electron chi connectivity index (χ1n) is 7.32. The van der Waals surface area contributed by atoms with Crippen molar-refractivity contribution in [3.63, 3.8) is 0 Å². The van der Waals surface area contributed by atoms with Gasteiger partial charge in [-0.05, 0) is 57.9 Å². The van der Waals surface area contributed by atoms with Crippen molar-refractivity contribution < 1.29 is 14.3 Å². The molecule has 0 radical (unpaired) electrons. The van der Waals surface area contributed by atoms with Crippen molar-refractivity contribution in [1.29, 1.82) is 0 Å². The Kier molecular flexibility index (Phi) is 5.11. The van der Waals surface area contributed by atoms with Crippen molar-refractivity contribution in [2.45, 2.75) is 45.3 Å². The fourth-order valence-corrected chi connectivity index (χ4v) is 2.60. The molecule has 1 aliphatic rings. The molecule has 1 N–H and O–H groups in total. The number of hydrogen-bond acceptors (Lipinski definition) is 3. The van der Waals surface area contributed by atoms with Crippen LogP contribution in [-0.2, 0) is 9.53 Å². The van der Waals surface area contributed by atoms with Crippen molar-refractivity contribution in [2.24, 2.45) is 0 Å². The average Bonchev–Trinajstić information content (AvgIpc) is 2.89. The summed E-state index contributed by atoms with van der Waals surface area (Å²) in [6, 6.07) is 6.87. The molecule has 0 unspecified atom stereocenters. The van der Waals surface area contributed by atoms with Crippen LogP contribution in [0.25, 0.3) is 0 Å². The van der Waals surface area contributed by atoms with Crippen LogP contribution in [0.2, 0.25) is 0 Å². The van der Waals surface area contributed by atoms with Gasteiger partial charge in [-0.1, -0.05) is 15.9 Å². The zero-order valence-corrected chi connectivity index (χ0v) is 14.6. The van der Waals surface area contributed by atoms with E-state index < -0.39 is 17.7 Å². The summed E-state index contributed by atoms with van der Waals surface area (Å²) < 4.78 is 6.31. The molecule has 2 amide bonds. The number of nitrogens with zero attached hydrogens (tertiary/aromatic N) is 1. The average molecular weight is 369 g/mol. The van der Waals surface area contributed by atoms with Crippen LogP contribution in [0.1, 0.15) is 33.6 Å². The summed E-state index contributed by atoms with van der Waals surface area (Å²) in [7, 11) is 0. The maximum Gasteiger partial charge on any atom is 0.410 e. The van der Waals surface area contributed by atoms with Gasteiger partial charge in [-0.2, -0.15) is 0 Å². The number of amides is 2. The van der Waals surface area contributed by atoms with E-state index in [2.05, 4.69) is 21.2 Å². The van der Waals surface area contributed by atoms with Gasteiger partial charge in [0.25, 0.3) is 0 Å². The maximum atomic E-state index is 12.4. The highest BCUT2D eigenvalue weighted by Gasteiger charge is 2.36. The quantitative estimate of drug-likeness (QED) is 0.863. The van der Waals surface area contributed by atoms with Gasteiger partial charge in [0.1, 0.15) is 11.6 Å². The number of likely N-dealkylation sites (tertiary alicyclic amines) is 1. The molecule has 0 spiro atoms. The summed E-state index contributed by atoms with van der Waals surface area (Å²) in [5, 5.41) is 2.85. The molecule has 1 saturated heterocycles. The standard InChI is InChI=1S/C16H21BrN2O3/c1-16(2,3)22-15(21)19-10-4-5-13(19)14(20)18-12-8-6-11(17)7-9-12/h6-9,13H,4-5,10H2,1-3H3,(H,18,20)/t13-/m1/s1. The number of nitrogens with one attached hydrogen (secondary N) is 1. The van der Waals surface area contributed by atoms with Gasteiger partial charge in [-0.3, -0.25) is 9.69 Å². The van der Waals surface area contributed by atoms with E-state index in [4.69, 9.17) is 4.74 Å². The fraction of sp³-hybridized carbons (Fsp3) is 0.500. The first-order chi connectivity index (χ1) is 10.3. The van der Waals surface area contributed by atoms with Gasteiger partial charge in [0.05, 0.1) is 0 Å². The van der Waals surface area contributed by atoms with E-state index in [1.807, 2.05) is 45.0 Å². The second-order valence-corrected chi connectivity index (χ2v) is 7.24. The molecular weight excluding hydrogens is 348 g/mol. The van der Waals surface area contributed by atoms with Gasteiger partial charge in [0.2, 0.25) is 5.91 Å². The molecule has 2 rings (SSSR count). The second-order valence-electron chi connectivity index (χ2n) is 6.33. The smallest absolute Gasteiger partial charge is 0.410 e. The Morgan fingerprint density at radius 3 is 2.50 bits per heavy atom. The molecule has 0 aliphatic carbocycles. The van der Waals surface area contributed by atoms with Crippen LogP contribution in [0, 0.1) is 0 Å². The van der Waals surface area contributed by atoms with Crippen LogP contribution in [-0.4, -0.2) is 35.1 Å². The number of benzene rings is 1. The highest BCUT2D eigenvalue weighted by atomic mass is 79.9. The molecule has 0 saturated carbocycles. The molecule has 6 heteroatoms. The first kappa shape index (κ1) is 16.8. The Morgan fingerprint density at radius 1 is 1.27 bits per heavy atom. The lowest BCUT2D eigenvalue weighted by Crippen LogP contribution is -2.45. The van der Waals surface area contributed by atoms with Gasteiger partial charge >= 0.3 is 6.09 Å². The van der Waals surface area contributed by atoms with Crippen molar-refractivity contribution in [2.75, 3.05) is 11.9 Å². The molecule has 1 atom stereocenters. The Morgan fingerprint density at radius 2 is 1.91 bits per heavy atom. The number of anilines is 1. The summed E-state index contributed by atoms with van der Waals surface area (Å²) in [6.45, 7) is 6.00. The lowest BCUT2D eigenvalue weighted by Gasteiger charge is -2.28. The van der Waals surface area contributed by atoms with Crippen molar-refractivity contribution in [3.8, 4) is 0 Å². The van der Waals surface area contributed by atoms with Gasteiger partial charge in [-0.15, -0.1) is 0 Å². The van der Waals surface area contributed by atoms with E-state index >= 15 is 0 Å². The van der Waals surface area contributed by atoms with E-state index in [9.17, 15) is 9.59 Å². The molecule has 0 aromatic heterocycles. The van der Waals surface area contributed by atoms with E-state index in [1.54, 1.807) is 0 Å². The largest absolute Gasteiger partial charge is 0.444 e. The van der Waals surface area contributed by atoms with Gasteiger partial charge in [0, 0.05) is 16.7 Å². The molecule has 0 bridgehead atoms. The van der Waals surface area contributed by atoms with E-state index in [0.29, 0.717) is 18.7 Å². The molecule has 1 aromatic carbocycles. The van der Waals surface area contributed by atoms with Crippen LogP contribution in [0.3, 0.4) is 0 Å². The molecule has 22 heavy (non-hydrogen) atoms. The predicted octanol–water partition coefficient (Wildman–Crippen LogP) is 3.79. The van der Waals surface area contributed by atoms with Crippen LogP contribution < -0.4 is 5.32 Å². The van der Waals surface area contributed by atoms with Crippen LogP contribution in [0.15, 0.2) is 28.7 Å². The normalized spacial score (nSPS) is 18.2. The Labute approximate surface area is 139 Å². The van der Waals surface area contributed by atoms with Gasteiger partial charge < -0.3 is 10.1 Å². The number of ether oxygens (including phenoxy) is 1.